The van der Waals surface area contributed by atoms with E-state index in [2.05, 4.69) is 12.2 Å². The van der Waals surface area contributed by atoms with Gasteiger partial charge in [0.1, 0.15) is 0 Å². The zero-order valence-corrected chi connectivity index (χ0v) is 10.8. The van der Waals surface area contributed by atoms with E-state index in [0.717, 1.165) is 18.5 Å². The van der Waals surface area contributed by atoms with E-state index in [9.17, 15) is 0 Å². The van der Waals surface area contributed by atoms with Crippen LogP contribution in [-0.4, -0.2) is 19.1 Å². The van der Waals surface area contributed by atoms with Gasteiger partial charge in [-0.1, -0.05) is 26.2 Å². The molecule has 0 aromatic rings. The standard InChI is InChI=1S/C14H28N2/c1-12-9-13(10-12)16-8-7-14(11-15)5-3-2-4-6-14/h12-13,16H,2-11,15H2,1H3. The van der Waals surface area contributed by atoms with E-state index in [-0.39, 0.29) is 0 Å². The van der Waals surface area contributed by atoms with Crippen LogP contribution in [0.1, 0.15) is 58.3 Å². The highest BCUT2D eigenvalue weighted by molar-refractivity contribution is 4.87. The molecule has 0 spiro atoms. The Morgan fingerprint density at radius 2 is 1.88 bits per heavy atom. The molecule has 0 aliphatic heterocycles. The third kappa shape index (κ3) is 2.98. The van der Waals surface area contributed by atoms with Crippen molar-refractivity contribution in [1.29, 1.82) is 0 Å². The molecule has 2 saturated carbocycles. The molecule has 16 heavy (non-hydrogen) atoms. The predicted octanol–water partition coefficient (Wildman–Crippen LogP) is 2.67. The second-order valence-electron chi connectivity index (χ2n) is 6.24. The van der Waals surface area contributed by atoms with Crippen LogP contribution < -0.4 is 11.1 Å². The monoisotopic (exact) mass is 224 g/mol. The van der Waals surface area contributed by atoms with Crippen molar-refractivity contribution >= 4 is 0 Å². The molecule has 0 saturated heterocycles. The summed E-state index contributed by atoms with van der Waals surface area (Å²) in [7, 11) is 0. The summed E-state index contributed by atoms with van der Waals surface area (Å²) in [5.41, 5.74) is 6.48. The van der Waals surface area contributed by atoms with Crippen molar-refractivity contribution in [3.8, 4) is 0 Å². The lowest BCUT2D eigenvalue weighted by atomic mass is 9.71. The molecule has 2 heteroatoms. The van der Waals surface area contributed by atoms with Crippen LogP contribution in [0.15, 0.2) is 0 Å². The molecule has 0 heterocycles. The highest BCUT2D eigenvalue weighted by atomic mass is 14.9. The lowest BCUT2D eigenvalue weighted by molar-refractivity contribution is 0.167. The second kappa shape index (κ2) is 5.50. The maximum Gasteiger partial charge on any atom is 0.00721 e. The van der Waals surface area contributed by atoms with Crippen molar-refractivity contribution in [2.75, 3.05) is 13.1 Å². The molecular weight excluding hydrogens is 196 g/mol. The summed E-state index contributed by atoms with van der Waals surface area (Å²) in [6.07, 6.45) is 11.0. The Balaban J connectivity index is 1.66. The van der Waals surface area contributed by atoms with E-state index in [4.69, 9.17) is 5.73 Å². The molecule has 0 aromatic heterocycles. The van der Waals surface area contributed by atoms with Gasteiger partial charge in [-0.25, -0.2) is 0 Å². The third-order valence-corrected chi connectivity index (χ3v) is 4.81. The number of rotatable bonds is 5. The highest BCUT2D eigenvalue weighted by Crippen LogP contribution is 2.38. The molecule has 94 valence electrons. The van der Waals surface area contributed by atoms with Gasteiger partial charge in [-0.05, 0) is 56.5 Å². The van der Waals surface area contributed by atoms with Crippen LogP contribution in [0.4, 0.5) is 0 Å². The van der Waals surface area contributed by atoms with E-state index in [0.29, 0.717) is 5.41 Å². The molecule has 2 aliphatic carbocycles. The average Bonchev–Trinajstić information content (AvgIpc) is 2.28. The van der Waals surface area contributed by atoms with Crippen LogP contribution >= 0.6 is 0 Å². The van der Waals surface area contributed by atoms with Gasteiger partial charge in [-0.2, -0.15) is 0 Å². The van der Waals surface area contributed by atoms with Crippen molar-refractivity contribution in [1.82, 2.24) is 5.32 Å². The minimum absolute atomic E-state index is 0.487. The van der Waals surface area contributed by atoms with Crippen LogP contribution in [0.5, 0.6) is 0 Å². The smallest absolute Gasteiger partial charge is 0.00721 e. The van der Waals surface area contributed by atoms with Gasteiger partial charge in [-0.3, -0.25) is 0 Å². The Hall–Kier alpha value is -0.0800. The normalized spacial score (nSPS) is 33.4. The van der Waals surface area contributed by atoms with E-state index in [1.54, 1.807) is 0 Å². The third-order valence-electron chi connectivity index (χ3n) is 4.81. The maximum absolute atomic E-state index is 6.00. The first-order chi connectivity index (χ1) is 7.74. The summed E-state index contributed by atoms with van der Waals surface area (Å²) >= 11 is 0. The fraction of sp³-hybridized carbons (Fsp3) is 1.00. The van der Waals surface area contributed by atoms with E-state index >= 15 is 0 Å². The van der Waals surface area contributed by atoms with Crippen LogP contribution in [0.3, 0.4) is 0 Å². The lowest BCUT2D eigenvalue weighted by Crippen LogP contribution is -2.43. The van der Waals surface area contributed by atoms with Crippen molar-refractivity contribution < 1.29 is 0 Å². The quantitative estimate of drug-likeness (QED) is 0.753. The van der Waals surface area contributed by atoms with Gasteiger partial charge < -0.3 is 11.1 Å². The molecule has 0 atom stereocenters. The number of hydrogen-bond acceptors (Lipinski definition) is 2. The fourth-order valence-electron chi connectivity index (χ4n) is 3.47. The Bertz CT molecular complexity index is 203. The van der Waals surface area contributed by atoms with Crippen LogP contribution in [0, 0.1) is 11.3 Å². The minimum Gasteiger partial charge on any atom is -0.330 e. The van der Waals surface area contributed by atoms with E-state index in [1.807, 2.05) is 0 Å². The van der Waals surface area contributed by atoms with Gasteiger partial charge in [-0.15, -0.1) is 0 Å². The first kappa shape index (κ1) is 12.4. The Labute approximate surface area is 100 Å². The van der Waals surface area contributed by atoms with Gasteiger partial charge in [0.25, 0.3) is 0 Å². The first-order valence-electron chi connectivity index (χ1n) is 7.18. The average molecular weight is 224 g/mol. The van der Waals surface area contributed by atoms with E-state index in [1.165, 1.54) is 57.9 Å². The highest BCUT2D eigenvalue weighted by Gasteiger charge is 2.31. The molecular formula is C14H28N2. The molecule has 3 N–H and O–H groups in total. The Morgan fingerprint density at radius 1 is 1.19 bits per heavy atom. The summed E-state index contributed by atoms with van der Waals surface area (Å²) in [5, 5.41) is 3.70. The topological polar surface area (TPSA) is 38.0 Å². The summed E-state index contributed by atoms with van der Waals surface area (Å²) in [5.74, 6) is 0.954. The van der Waals surface area contributed by atoms with Crippen molar-refractivity contribution in [2.45, 2.75) is 64.3 Å². The Kier molecular flexibility index (Phi) is 4.26. The van der Waals surface area contributed by atoms with Crippen LogP contribution in [-0.2, 0) is 0 Å². The fourth-order valence-corrected chi connectivity index (χ4v) is 3.47. The van der Waals surface area contributed by atoms with Crippen molar-refractivity contribution in [3.63, 3.8) is 0 Å². The molecule has 0 unspecified atom stereocenters. The van der Waals surface area contributed by atoms with Gasteiger partial charge in [0.2, 0.25) is 0 Å². The predicted molar refractivity (Wildman–Crippen MR) is 69.4 cm³/mol. The molecule has 0 bridgehead atoms. The molecule has 2 aliphatic rings. The number of hydrogen-bond donors (Lipinski definition) is 2. The van der Waals surface area contributed by atoms with Gasteiger partial charge in [0.05, 0.1) is 0 Å². The van der Waals surface area contributed by atoms with Gasteiger partial charge >= 0.3 is 0 Å². The van der Waals surface area contributed by atoms with Gasteiger partial charge in [0.15, 0.2) is 0 Å². The lowest BCUT2D eigenvalue weighted by Gasteiger charge is -2.38. The van der Waals surface area contributed by atoms with Gasteiger partial charge in [0, 0.05) is 6.04 Å². The molecule has 0 amide bonds. The first-order valence-corrected chi connectivity index (χ1v) is 7.18. The number of nitrogens with one attached hydrogen (secondary N) is 1. The van der Waals surface area contributed by atoms with Crippen LogP contribution in [0.25, 0.3) is 0 Å². The summed E-state index contributed by atoms with van der Waals surface area (Å²) in [6, 6.07) is 0.813. The van der Waals surface area contributed by atoms with Crippen molar-refractivity contribution in [3.05, 3.63) is 0 Å². The zero-order chi connectivity index (χ0) is 11.4. The molecule has 0 radical (unpaired) electrons. The van der Waals surface area contributed by atoms with E-state index < -0.39 is 0 Å². The number of nitrogens with two attached hydrogens (primary N) is 1. The summed E-state index contributed by atoms with van der Waals surface area (Å²) in [6.45, 7) is 4.44. The van der Waals surface area contributed by atoms with Crippen molar-refractivity contribution in [2.24, 2.45) is 17.1 Å². The van der Waals surface area contributed by atoms with Crippen LogP contribution in [0.2, 0.25) is 0 Å². The maximum atomic E-state index is 6.00. The second-order valence-corrected chi connectivity index (χ2v) is 6.24. The minimum atomic E-state index is 0.487. The largest absolute Gasteiger partial charge is 0.330 e. The molecule has 2 nitrogen and oxygen atoms in total. The SMILES string of the molecule is CC1CC(NCCC2(CN)CCCCC2)C1. The summed E-state index contributed by atoms with van der Waals surface area (Å²) < 4.78 is 0. The zero-order valence-electron chi connectivity index (χ0n) is 10.8. The molecule has 2 fully saturated rings. The summed E-state index contributed by atoms with van der Waals surface area (Å²) in [4.78, 5) is 0. The molecule has 0 aromatic carbocycles. The molecule has 2 rings (SSSR count). The Morgan fingerprint density at radius 3 is 2.44 bits per heavy atom.